The number of hydrogen-bond acceptors (Lipinski definition) is 2. The molecule has 0 spiro atoms. The van der Waals surface area contributed by atoms with E-state index >= 15 is 0 Å². The molecule has 0 aliphatic carbocycles. The van der Waals surface area contributed by atoms with E-state index in [1.54, 1.807) is 6.07 Å². The van der Waals surface area contributed by atoms with E-state index in [-0.39, 0.29) is 0 Å². The number of rotatable bonds is 1. The number of halogens is 2. The predicted molar refractivity (Wildman–Crippen MR) is 54.2 cm³/mol. The van der Waals surface area contributed by atoms with Gasteiger partial charge in [0, 0.05) is 0 Å². The van der Waals surface area contributed by atoms with Crippen LogP contribution in [0.3, 0.4) is 0 Å². The summed E-state index contributed by atoms with van der Waals surface area (Å²) >= 11 is 9.11. The van der Waals surface area contributed by atoms with Gasteiger partial charge >= 0.3 is 0 Å². The summed E-state index contributed by atoms with van der Waals surface area (Å²) in [5.74, 6) is 0. The molecule has 0 aliphatic rings. The Morgan fingerprint density at radius 3 is 3.00 bits per heavy atom. The molecule has 0 bridgehead atoms. The van der Waals surface area contributed by atoms with Crippen molar-refractivity contribution in [2.24, 2.45) is 0 Å². The number of fused-ring (bicyclic) bond motifs is 1. The highest BCUT2D eigenvalue weighted by atomic mass is 79.9. The molecule has 13 heavy (non-hydrogen) atoms. The molecule has 5 heteroatoms. The van der Waals surface area contributed by atoms with Gasteiger partial charge in [-0.3, -0.25) is 4.79 Å². The van der Waals surface area contributed by atoms with Crippen molar-refractivity contribution in [3.8, 4) is 0 Å². The van der Waals surface area contributed by atoms with Crippen LogP contribution in [0.4, 0.5) is 0 Å². The number of aromatic amines is 1. The van der Waals surface area contributed by atoms with Gasteiger partial charge in [-0.05, 0) is 28.1 Å². The van der Waals surface area contributed by atoms with Crippen LogP contribution in [0.2, 0.25) is 5.02 Å². The molecule has 2 rings (SSSR count). The SMILES string of the molecule is O=Cc1[nH]c2ccc(Br)nc2c1Cl. The smallest absolute Gasteiger partial charge is 0.167 e. The number of nitrogens with one attached hydrogen (secondary N) is 1. The number of hydrogen-bond donors (Lipinski definition) is 1. The lowest BCUT2D eigenvalue weighted by Crippen LogP contribution is -1.76. The zero-order valence-electron chi connectivity index (χ0n) is 6.34. The van der Waals surface area contributed by atoms with E-state index in [4.69, 9.17) is 11.6 Å². The number of nitrogens with zero attached hydrogens (tertiary/aromatic N) is 1. The van der Waals surface area contributed by atoms with Gasteiger partial charge < -0.3 is 4.98 Å². The fraction of sp³-hybridized carbons (Fsp3) is 0. The zero-order chi connectivity index (χ0) is 9.42. The lowest BCUT2D eigenvalue weighted by Gasteiger charge is -1.89. The predicted octanol–water partition coefficient (Wildman–Crippen LogP) is 2.79. The molecular weight excluding hydrogens is 255 g/mol. The van der Waals surface area contributed by atoms with Gasteiger partial charge in [0.2, 0.25) is 0 Å². The number of aromatic nitrogens is 2. The van der Waals surface area contributed by atoms with Crippen LogP contribution in [0.5, 0.6) is 0 Å². The quantitative estimate of drug-likeness (QED) is 0.632. The Labute approximate surface area is 87.2 Å². The summed E-state index contributed by atoms with van der Waals surface area (Å²) in [6.07, 6.45) is 0.678. The average molecular weight is 259 g/mol. The summed E-state index contributed by atoms with van der Waals surface area (Å²) in [5, 5.41) is 0.367. The highest BCUT2D eigenvalue weighted by Crippen LogP contribution is 2.25. The minimum absolute atomic E-state index is 0.363. The molecule has 0 saturated carbocycles. The van der Waals surface area contributed by atoms with Crippen molar-refractivity contribution in [2.75, 3.05) is 0 Å². The van der Waals surface area contributed by atoms with Gasteiger partial charge in [0.1, 0.15) is 15.8 Å². The molecule has 0 aliphatic heterocycles. The van der Waals surface area contributed by atoms with E-state index in [0.29, 0.717) is 27.1 Å². The van der Waals surface area contributed by atoms with E-state index in [9.17, 15) is 4.79 Å². The lowest BCUT2D eigenvalue weighted by atomic mass is 10.4. The maximum absolute atomic E-state index is 10.5. The molecule has 66 valence electrons. The summed E-state index contributed by atoms with van der Waals surface area (Å²) in [7, 11) is 0. The standard InChI is InChI=1S/C8H4BrClN2O/c9-6-2-1-4-8(12-6)7(10)5(3-13)11-4/h1-3,11H. The first-order chi connectivity index (χ1) is 6.22. The summed E-state index contributed by atoms with van der Waals surface area (Å²) in [6.45, 7) is 0. The molecular formula is C8H4BrClN2O. The molecule has 2 heterocycles. The fourth-order valence-electron chi connectivity index (χ4n) is 1.11. The first kappa shape index (κ1) is 8.72. The van der Waals surface area contributed by atoms with Crippen molar-refractivity contribution < 1.29 is 4.79 Å². The normalized spacial score (nSPS) is 10.6. The number of aldehydes is 1. The molecule has 0 atom stereocenters. The van der Waals surface area contributed by atoms with Crippen LogP contribution in [-0.2, 0) is 0 Å². The van der Waals surface area contributed by atoms with Gasteiger partial charge in [-0.2, -0.15) is 0 Å². The van der Waals surface area contributed by atoms with Crippen molar-refractivity contribution in [2.45, 2.75) is 0 Å². The summed E-state index contributed by atoms with van der Waals surface area (Å²) in [4.78, 5) is 17.5. The van der Waals surface area contributed by atoms with E-state index in [1.165, 1.54) is 0 Å². The molecule has 3 nitrogen and oxygen atoms in total. The van der Waals surface area contributed by atoms with Crippen molar-refractivity contribution in [3.05, 3.63) is 27.5 Å². The Balaban J connectivity index is 2.84. The van der Waals surface area contributed by atoms with Gasteiger partial charge in [-0.1, -0.05) is 11.6 Å². The molecule has 0 unspecified atom stereocenters. The van der Waals surface area contributed by atoms with E-state index in [0.717, 1.165) is 5.52 Å². The van der Waals surface area contributed by atoms with Crippen molar-refractivity contribution >= 4 is 44.9 Å². The van der Waals surface area contributed by atoms with Gasteiger partial charge in [0.15, 0.2) is 6.29 Å². The Morgan fingerprint density at radius 1 is 1.54 bits per heavy atom. The average Bonchev–Trinajstić information content (AvgIpc) is 2.44. The van der Waals surface area contributed by atoms with Crippen LogP contribution in [0, 0.1) is 0 Å². The Morgan fingerprint density at radius 2 is 2.31 bits per heavy atom. The molecule has 1 N–H and O–H groups in total. The lowest BCUT2D eigenvalue weighted by molar-refractivity contribution is 0.112. The number of carbonyl (C=O) groups is 1. The zero-order valence-corrected chi connectivity index (χ0v) is 8.69. The van der Waals surface area contributed by atoms with Gasteiger partial charge in [0.05, 0.1) is 10.5 Å². The minimum atomic E-state index is 0.363. The van der Waals surface area contributed by atoms with Crippen LogP contribution in [0.25, 0.3) is 11.0 Å². The third-order valence-corrected chi connectivity index (χ3v) is 2.52. The molecule has 0 aromatic carbocycles. The maximum atomic E-state index is 10.5. The Hall–Kier alpha value is -0.870. The molecule has 2 aromatic heterocycles. The molecule has 0 fully saturated rings. The third-order valence-electron chi connectivity index (χ3n) is 1.69. The van der Waals surface area contributed by atoms with Gasteiger partial charge in [-0.25, -0.2) is 4.98 Å². The fourth-order valence-corrected chi connectivity index (χ4v) is 1.66. The van der Waals surface area contributed by atoms with Crippen LogP contribution in [-0.4, -0.2) is 16.3 Å². The monoisotopic (exact) mass is 258 g/mol. The Kier molecular flexibility index (Phi) is 2.09. The van der Waals surface area contributed by atoms with Crippen LogP contribution in [0.15, 0.2) is 16.7 Å². The second-order valence-electron chi connectivity index (χ2n) is 2.50. The second kappa shape index (κ2) is 3.12. The summed E-state index contributed by atoms with van der Waals surface area (Å²) in [5.41, 5.74) is 1.73. The largest absolute Gasteiger partial charge is 0.350 e. The number of pyridine rings is 1. The van der Waals surface area contributed by atoms with Crippen LogP contribution in [0.1, 0.15) is 10.5 Å². The van der Waals surface area contributed by atoms with E-state index in [2.05, 4.69) is 25.9 Å². The number of carbonyl (C=O) groups excluding carboxylic acids is 1. The summed E-state index contributed by atoms with van der Waals surface area (Å²) in [6, 6.07) is 3.59. The summed E-state index contributed by atoms with van der Waals surface area (Å²) < 4.78 is 0.693. The topological polar surface area (TPSA) is 45.8 Å². The third kappa shape index (κ3) is 1.36. The van der Waals surface area contributed by atoms with Crippen LogP contribution < -0.4 is 0 Å². The van der Waals surface area contributed by atoms with Crippen molar-refractivity contribution in [1.29, 1.82) is 0 Å². The molecule has 2 aromatic rings. The van der Waals surface area contributed by atoms with Gasteiger partial charge in [-0.15, -0.1) is 0 Å². The first-order valence-corrected chi connectivity index (χ1v) is 4.68. The highest BCUT2D eigenvalue weighted by Gasteiger charge is 2.09. The van der Waals surface area contributed by atoms with E-state index in [1.807, 2.05) is 6.07 Å². The molecule has 0 radical (unpaired) electrons. The molecule has 0 saturated heterocycles. The minimum Gasteiger partial charge on any atom is -0.350 e. The van der Waals surface area contributed by atoms with Crippen LogP contribution >= 0.6 is 27.5 Å². The van der Waals surface area contributed by atoms with E-state index < -0.39 is 0 Å². The van der Waals surface area contributed by atoms with Crippen molar-refractivity contribution in [3.63, 3.8) is 0 Å². The number of H-pyrrole nitrogens is 1. The van der Waals surface area contributed by atoms with Crippen molar-refractivity contribution in [1.82, 2.24) is 9.97 Å². The second-order valence-corrected chi connectivity index (χ2v) is 3.69. The highest BCUT2D eigenvalue weighted by molar-refractivity contribution is 9.10. The van der Waals surface area contributed by atoms with Gasteiger partial charge in [0.25, 0.3) is 0 Å². The molecule has 0 amide bonds. The Bertz CT molecular complexity index is 480. The maximum Gasteiger partial charge on any atom is 0.167 e. The first-order valence-electron chi connectivity index (χ1n) is 3.51.